The van der Waals surface area contributed by atoms with E-state index in [0.29, 0.717) is 34.6 Å². The number of carbonyl (C=O) groups is 1. The molecule has 10 nitrogen and oxygen atoms in total. The highest BCUT2D eigenvalue weighted by Gasteiger charge is 2.32. The summed E-state index contributed by atoms with van der Waals surface area (Å²) in [5, 5.41) is 3.98. The molecule has 166 valence electrons. The van der Waals surface area contributed by atoms with Crippen LogP contribution in [0.3, 0.4) is 0 Å². The minimum atomic E-state index is -3.81. The van der Waals surface area contributed by atoms with Crippen molar-refractivity contribution in [3.8, 4) is 5.75 Å². The van der Waals surface area contributed by atoms with E-state index < -0.39 is 10.0 Å². The second-order valence-corrected chi connectivity index (χ2v) is 9.60. The van der Waals surface area contributed by atoms with Crippen LogP contribution in [0.4, 0.5) is 5.69 Å². The highest BCUT2D eigenvalue weighted by atomic mass is 32.2. The van der Waals surface area contributed by atoms with Gasteiger partial charge < -0.3 is 9.26 Å². The van der Waals surface area contributed by atoms with Gasteiger partial charge in [0.2, 0.25) is 15.9 Å². The zero-order valence-electron chi connectivity index (χ0n) is 17.3. The number of benzene rings is 1. The molecule has 0 bridgehead atoms. The number of aromatic nitrogens is 3. The number of fused-ring (bicyclic) bond motifs is 1. The van der Waals surface area contributed by atoms with E-state index in [1.807, 2.05) is 0 Å². The van der Waals surface area contributed by atoms with Crippen LogP contribution in [-0.2, 0) is 27.9 Å². The van der Waals surface area contributed by atoms with Crippen LogP contribution in [0.15, 0.2) is 46.1 Å². The van der Waals surface area contributed by atoms with Gasteiger partial charge >= 0.3 is 0 Å². The maximum Gasteiger partial charge on any atom is 0.265 e. The molecule has 2 aromatic heterocycles. The second kappa shape index (κ2) is 7.99. The summed E-state index contributed by atoms with van der Waals surface area (Å²) in [5.74, 6) is 1.36. The monoisotopic (exact) mass is 455 g/mol. The Morgan fingerprint density at radius 1 is 1.28 bits per heavy atom. The first-order valence-electron chi connectivity index (χ1n) is 10.2. The minimum absolute atomic E-state index is 0.0880. The zero-order chi connectivity index (χ0) is 22.3. The zero-order valence-corrected chi connectivity index (χ0v) is 18.1. The predicted molar refractivity (Wildman–Crippen MR) is 112 cm³/mol. The lowest BCUT2D eigenvalue weighted by atomic mass is 10.1. The van der Waals surface area contributed by atoms with Crippen molar-refractivity contribution in [3.05, 3.63) is 59.5 Å². The summed E-state index contributed by atoms with van der Waals surface area (Å²) in [6, 6.07) is 6.60. The first-order chi connectivity index (χ1) is 15.4. The van der Waals surface area contributed by atoms with Crippen molar-refractivity contribution < 1.29 is 22.5 Å². The summed E-state index contributed by atoms with van der Waals surface area (Å²) < 4.78 is 39.3. The summed E-state index contributed by atoms with van der Waals surface area (Å²) in [7, 11) is -3.81. The van der Waals surface area contributed by atoms with Gasteiger partial charge in [0.25, 0.3) is 5.91 Å². The number of carbonyl (C=O) groups excluding carboxylic acids is 1. The molecule has 0 radical (unpaired) electrons. The van der Waals surface area contributed by atoms with Crippen molar-refractivity contribution in [2.24, 2.45) is 0 Å². The molecule has 1 saturated carbocycles. The van der Waals surface area contributed by atoms with Gasteiger partial charge in [0.05, 0.1) is 17.1 Å². The quantitative estimate of drug-likeness (QED) is 0.573. The van der Waals surface area contributed by atoms with Crippen LogP contribution in [0.5, 0.6) is 5.75 Å². The van der Waals surface area contributed by atoms with Crippen molar-refractivity contribution in [1.82, 2.24) is 19.8 Å². The fourth-order valence-corrected chi connectivity index (χ4v) is 4.78. The van der Waals surface area contributed by atoms with E-state index in [9.17, 15) is 13.2 Å². The van der Waals surface area contributed by atoms with Crippen LogP contribution in [-0.4, -0.2) is 36.1 Å². The third kappa shape index (κ3) is 4.08. The predicted octanol–water partition coefficient (Wildman–Crippen LogP) is 2.05. The molecule has 11 heteroatoms. The highest BCUT2D eigenvalue weighted by Crippen LogP contribution is 2.40. The number of anilines is 1. The number of nitrogens with zero attached hydrogens (tertiary/aromatic N) is 4. The minimum Gasteiger partial charge on any atom is -0.482 e. The van der Waals surface area contributed by atoms with Gasteiger partial charge in [-0.2, -0.15) is 4.98 Å². The largest absolute Gasteiger partial charge is 0.482 e. The van der Waals surface area contributed by atoms with Gasteiger partial charge in [-0.05, 0) is 43.0 Å². The van der Waals surface area contributed by atoms with E-state index in [-0.39, 0.29) is 30.5 Å². The van der Waals surface area contributed by atoms with Crippen LogP contribution in [0.1, 0.15) is 41.6 Å². The van der Waals surface area contributed by atoms with E-state index in [1.165, 1.54) is 11.0 Å². The Morgan fingerprint density at radius 3 is 2.88 bits per heavy atom. The Balaban J connectivity index is 1.40. The Hall–Kier alpha value is -3.31. The van der Waals surface area contributed by atoms with Crippen LogP contribution in [0.25, 0.3) is 0 Å². The molecule has 1 aromatic carbocycles. The summed E-state index contributed by atoms with van der Waals surface area (Å²) >= 11 is 0. The van der Waals surface area contributed by atoms with E-state index in [2.05, 4.69) is 19.8 Å². The van der Waals surface area contributed by atoms with E-state index in [1.54, 1.807) is 37.5 Å². The Bertz CT molecular complexity index is 1270. The van der Waals surface area contributed by atoms with Crippen molar-refractivity contribution in [1.29, 1.82) is 0 Å². The van der Waals surface area contributed by atoms with E-state index in [0.717, 1.165) is 18.4 Å². The number of aryl methyl sites for hydroxylation is 1. The molecule has 1 aliphatic carbocycles. The van der Waals surface area contributed by atoms with Gasteiger partial charge in [-0.3, -0.25) is 14.7 Å². The standard InChI is InChI=1S/C21H21N5O5S/c1-13-7-16-17(8-18(13)32(28,29)23-10-14-3-2-6-22-9-14)30-12-20(27)26(16)11-19-24-21(31-25-19)15-4-5-15/h2-3,6-9,15,23H,4-5,10-12H2,1H3. The van der Waals surface area contributed by atoms with Gasteiger partial charge in [-0.15, -0.1) is 0 Å². The summed E-state index contributed by atoms with van der Waals surface area (Å²) in [6.07, 6.45) is 5.29. The Labute approximate surface area is 184 Å². The molecule has 1 amide bonds. The lowest BCUT2D eigenvalue weighted by molar-refractivity contribution is -0.121. The number of ether oxygens (including phenoxy) is 1. The third-order valence-electron chi connectivity index (χ3n) is 5.39. The molecule has 0 atom stereocenters. The summed E-state index contributed by atoms with van der Waals surface area (Å²) in [4.78, 5) is 22.5. The van der Waals surface area contributed by atoms with Gasteiger partial charge in [0, 0.05) is 30.9 Å². The van der Waals surface area contributed by atoms with Crippen molar-refractivity contribution in [2.75, 3.05) is 11.5 Å². The maximum absolute atomic E-state index is 12.9. The second-order valence-electron chi connectivity index (χ2n) is 7.86. The van der Waals surface area contributed by atoms with Crippen molar-refractivity contribution in [3.63, 3.8) is 0 Å². The number of sulfonamides is 1. The number of hydrogen-bond donors (Lipinski definition) is 1. The summed E-state index contributed by atoms with van der Waals surface area (Å²) in [5.41, 5.74) is 1.70. The average Bonchev–Trinajstić information content (AvgIpc) is 3.53. The average molecular weight is 455 g/mol. The third-order valence-corrected chi connectivity index (χ3v) is 6.93. The number of pyridine rings is 1. The van der Waals surface area contributed by atoms with Crippen LogP contribution in [0.2, 0.25) is 0 Å². The van der Waals surface area contributed by atoms with Gasteiger partial charge in [-0.1, -0.05) is 11.2 Å². The Morgan fingerprint density at radius 2 is 2.12 bits per heavy atom. The maximum atomic E-state index is 12.9. The molecule has 3 aromatic rings. The number of nitrogens with one attached hydrogen (secondary N) is 1. The Kier molecular flexibility index (Phi) is 5.14. The first kappa shape index (κ1) is 20.6. The first-order valence-corrected chi connectivity index (χ1v) is 11.7. The number of hydrogen-bond acceptors (Lipinski definition) is 8. The molecular formula is C21H21N5O5S. The SMILES string of the molecule is Cc1cc2c(cc1S(=O)(=O)NCc1cccnc1)OCC(=O)N2Cc1noc(C2CC2)n1. The van der Waals surface area contributed by atoms with Crippen LogP contribution >= 0.6 is 0 Å². The van der Waals surface area contributed by atoms with Crippen LogP contribution < -0.4 is 14.4 Å². The topological polar surface area (TPSA) is 128 Å². The normalized spacial score (nSPS) is 16.0. The molecule has 5 rings (SSSR count). The molecular weight excluding hydrogens is 434 g/mol. The van der Waals surface area contributed by atoms with Gasteiger partial charge in [0.1, 0.15) is 5.75 Å². The van der Waals surface area contributed by atoms with Crippen molar-refractivity contribution in [2.45, 2.75) is 43.7 Å². The molecule has 1 N–H and O–H groups in total. The molecule has 0 saturated heterocycles. The van der Waals surface area contributed by atoms with Gasteiger partial charge in [0.15, 0.2) is 12.4 Å². The molecule has 32 heavy (non-hydrogen) atoms. The summed E-state index contributed by atoms with van der Waals surface area (Å²) in [6.45, 7) is 1.71. The van der Waals surface area contributed by atoms with E-state index >= 15 is 0 Å². The molecule has 0 spiro atoms. The molecule has 1 fully saturated rings. The molecule has 0 unspecified atom stereocenters. The van der Waals surface area contributed by atoms with Crippen molar-refractivity contribution >= 4 is 21.6 Å². The fourth-order valence-electron chi connectivity index (χ4n) is 3.52. The van der Waals surface area contributed by atoms with Crippen LogP contribution in [0, 0.1) is 6.92 Å². The number of rotatable bonds is 7. The fraction of sp³-hybridized carbons (Fsp3) is 0.333. The van der Waals surface area contributed by atoms with Gasteiger partial charge in [-0.25, -0.2) is 13.1 Å². The molecule has 2 aliphatic rings. The van der Waals surface area contributed by atoms with E-state index in [4.69, 9.17) is 9.26 Å². The molecule has 1 aliphatic heterocycles. The highest BCUT2D eigenvalue weighted by molar-refractivity contribution is 7.89. The number of amides is 1. The molecule has 3 heterocycles. The lowest BCUT2D eigenvalue weighted by Crippen LogP contribution is -2.38. The lowest BCUT2D eigenvalue weighted by Gasteiger charge is -2.29. The smallest absolute Gasteiger partial charge is 0.265 e.